The monoisotopic (exact) mass is 339 g/mol. The molecule has 0 bridgehead atoms. The van der Waals surface area contributed by atoms with E-state index in [-0.39, 0.29) is 17.4 Å². The van der Waals surface area contributed by atoms with Crippen LogP contribution >= 0.6 is 15.9 Å². The van der Waals surface area contributed by atoms with Crippen molar-refractivity contribution in [1.29, 1.82) is 0 Å². The maximum absolute atomic E-state index is 11.6. The van der Waals surface area contributed by atoms with E-state index in [9.17, 15) is 9.90 Å². The molecule has 2 atom stereocenters. The zero-order chi connectivity index (χ0) is 15.1. The van der Waals surface area contributed by atoms with Gasteiger partial charge in [0.25, 0.3) is 0 Å². The fraction of sp³-hybridized carbons (Fsp3) is 0.562. The van der Waals surface area contributed by atoms with E-state index in [4.69, 9.17) is 0 Å². The Balaban J connectivity index is 2.32. The summed E-state index contributed by atoms with van der Waals surface area (Å²) in [6.45, 7) is 9.88. The number of hydrogen-bond donors (Lipinski definition) is 1. The highest BCUT2D eigenvalue weighted by Crippen LogP contribution is 2.37. The lowest BCUT2D eigenvalue weighted by Gasteiger charge is -2.31. The molecule has 110 valence electrons. The molecule has 4 heteroatoms. The molecule has 0 aliphatic carbocycles. The molecule has 1 aromatic carbocycles. The first-order valence-corrected chi connectivity index (χ1v) is 7.73. The minimum absolute atomic E-state index is 0.00434. The van der Waals surface area contributed by atoms with Gasteiger partial charge in [0.15, 0.2) is 0 Å². The minimum atomic E-state index is -0.696. The Labute approximate surface area is 129 Å². The molecule has 0 spiro atoms. The molecule has 0 amide bonds. The number of benzene rings is 1. The zero-order valence-corrected chi connectivity index (χ0v) is 14.1. The summed E-state index contributed by atoms with van der Waals surface area (Å²) in [7, 11) is 0. The maximum atomic E-state index is 11.6. The lowest BCUT2D eigenvalue weighted by molar-refractivity contribution is -0.141. The van der Waals surface area contributed by atoms with E-state index < -0.39 is 5.97 Å². The van der Waals surface area contributed by atoms with Crippen LogP contribution in [-0.2, 0) is 4.79 Å². The molecule has 1 fully saturated rings. The van der Waals surface area contributed by atoms with Crippen molar-refractivity contribution in [3.05, 3.63) is 33.8 Å². The van der Waals surface area contributed by atoms with Gasteiger partial charge >= 0.3 is 5.97 Å². The second-order valence-corrected chi connectivity index (χ2v) is 7.49. The van der Waals surface area contributed by atoms with Gasteiger partial charge in [0.2, 0.25) is 0 Å². The summed E-state index contributed by atoms with van der Waals surface area (Å²) in [5.41, 5.74) is 2.29. The number of aliphatic carboxylic acids is 1. The van der Waals surface area contributed by atoms with Crippen molar-refractivity contribution in [2.24, 2.45) is 5.92 Å². The van der Waals surface area contributed by atoms with E-state index in [1.54, 1.807) is 0 Å². The summed E-state index contributed by atoms with van der Waals surface area (Å²) in [4.78, 5) is 13.8. The fourth-order valence-corrected chi connectivity index (χ4v) is 3.18. The number of carboxylic acid groups (broad SMARTS) is 1. The van der Waals surface area contributed by atoms with Gasteiger partial charge in [0.1, 0.15) is 0 Å². The molecule has 1 aromatic rings. The number of carboxylic acids is 1. The van der Waals surface area contributed by atoms with E-state index >= 15 is 0 Å². The van der Waals surface area contributed by atoms with Crippen LogP contribution in [0, 0.1) is 12.8 Å². The first kappa shape index (κ1) is 15.5. The van der Waals surface area contributed by atoms with Crippen molar-refractivity contribution in [3.8, 4) is 0 Å². The topological polar surface area (TPSA) is 40.5 Å². The van der Waals surface area contributed by atoms with E-state index in [0.717, 1.165) is 16.6 Å². The summed E-state index contributed by atoms with van der Waals surface area (Å²) in [6.07, 6.45) is 0. The van der Waals surface area contributed by atoms with Crippen molar-refractivity contribution in [2.75, 3.05) is 13.1 Å². The third-order valence-corrected chi connectivity index (χ3v) is 5.06. The van der Waals surface area contributed by atoms with Gasteiger partial charge in [-0.3, -0.25) is 9.69 Å². The van der Waals surface area contributed by atoms with E-state index in [1.807, 2.05) is 6.92 Å². The highest BCUT2D eigenvalue weighted by atomic mass is 79.9. The van der Waals surface area contributed by atoms with Crippen molar-refractivity contribution >= 4 is 21.9 Å². The predicted octanol–water partition coefficient (Wildman–Crippen LogP) is 3.66. The average Bonchev–Trinajstić information content (AvgIpc) is 2.77. The summed E-state index contributed by atoms with van der Waals surface area (Å²) >= 11 is 3.54. The Morgan fingerprint density at radius 3 is 2.50 bits per heavy atom. The van der Waals surface area contributed by atoms with Gasteiger partial charge in [-0.1, -0.05) is 28.1 Å². The lowest BCUT2D eigenvalue weighted by Crippen LogP contribution is -2.40. The van der Waals surface area contributed by atoms with Gasteiger partial charge in [0.05, 0.1) is 5.92 Å². The van der Waals surface area contributed by atoms with E-state index in [1.165, 1.54) is 5.56 Å². The van der Waals surface area contributed by atoms with Crippen LogP contribution in [0.4, 0.5) is 0 Å². The Hall–Kier alpha value is -0.870. The van der Waals surface area contributed by atoms with Crippen molar-refractivity contribution in [2.45, 2.75) is 39.2 Å². The molecule has 0 radical (unpaired) electrons. The molecule has 2 rings (SSSR count). The van der Waals surface area contributed by atoms with Crippen LogP contribution in [-0.4, -0.2) is 34.6 Å². The third-order valence-electron chi connectivity index (χ3n) is 4.21. The Kier molecular flexibility index (Phi) is 4.26. The fourth-order valence-electron chi connectivity index (χ4n) is 2.78. The van der Waals surface area contributed by atoms with Crippen LogP contribution in [0.1, 0.15) is 37.8 Å². The number of nitrogens with zero attached hydrogens (tertiary/aromatic N) is 1. The predicted molar refractivity (Wildman–Crippen MR) is 84.1 cm³/mol. The Morgan fingerprint density at radius 1 is 1.35 bits per heavy atom. The normalized spacial score (nSPS) is 24.1. The quantitative estimate of drug-likeness (QED) is 0.893. The number of likely N-dealkylation sites (tertiary alicyclic amines) is 1. The summed E-state index contributed by atoms with van der Waals surface area (Å²) in [5, 5.41) is 9.51. The van der Waals surface area contributed by atoms with Crippen LogP contribution in [0.2, 0.25) is 0 Å². The third kappa shape index (κ3) is 3.07. The van der Waals surface area contributed by atoms with Gasteiger partial charge in [-0.05, 0) is 44.9 Å². The van der Waals surface area contributed by atoms with Crippen LogP contribution < -0.4 is 0 Å². The maximum Gasteiger partial charge on any atom is 0.308 e. The van der Waals surface area contributed by atoms with Crippen LogP contribution in [0.5, 0.6) is 0 Å². The van der Waals surface area contributed by atoms with Crippen molar-refractivity contribution in [3.63, 3.8) is 0 Å². The van der Waals surface area contributed by atoms with Crippen LogP contribution in [0.3, 0.4) is 0 Å². The number of halogens is 1. The van der Waals surface area contributed by atoms with Gasteiger partial charge in [-0.15, -0.1) is 0 Å². The lowest BCUT2D eigenvalue weighted by atomic mass is 9.89. The zero-order valence-electron chi connectivity index (χ0n) is 12.5. The molecule has 1 saturated heterocycles. The summed E-state index contributed by atoms with van der Waals surface area (Å²) in [5.74, 6) is -0.967. The molecule has 3 nitrogen and oxygen atoms in total. The summed E-state index contributed by atoms with van der Waals surface area (Å²) < 4.78 is 1.05. The smallest absolute Gasteiger partial charge is 0.308 e. The average molecular weight is 340 g/mol. The first-order chi connectivity index (χ1) is 9.20. The highest BCUT2D eigenvalue weighted by molar-refractivity contribution is 9.10. The molecule has 0 aromatic heterocycles. The van der Waals surface area contributed by atoms with Crippen molar-refractivity contribution in [1.82, 2.24) is 4.90 Å². The molecule has 1 heterocycles. The molecule has 20 heavy (non-hydrogen) atoms. The second-order valence-electron chi connectivity index (χ2n) is 6.64. The van der Waals surface area contributed by atoms with Crippen molar-refractivity contribution < 1.29 is 9.90 Å². The minimum Gasteiger partial charge on any atom is -0.481 e. The highest BCUT2D eigenvalue weighted by Gasteiger charge is 2.42. The number of carbonyl (C=O) groups is 1. The molecule has 1 aliphatic rings. The number of hydrogen-bond acceptors (Lipinski definition) is 2. The Morgan fingerprint density at radius 2 is 2.00 bits per heavy atom. The van der Waals surface area contributed by atoms with Crippen LogP contribution in [0.25, 0.3) is 0 Å². The largest absolute Gasteiger partial charge is 0.481 e. The molecule has 1 aliphatic heterocycles. The van der Waals surface area contributed by atoms with Gasteiger partial charge in [0, 0.05) is 29.0 Å². The molecular formula is C16H22BrNO2. The number of aryl methyl sites for hydroxylation is 1. The molecular weight excluding hydrogens is 318 g/mol. The number of rotatable bonds is 2. The Bertz CT molecular complexity index is 522. The first-order valence-electron chi connectivity index (χ1n) is 6.94. The molecule has 1 N–H and O–H groups in total. The molecule has 0 unspecified atom stereocenters. The van der Waals surface area contributed by atoms with Gasteiger partial charge in [-0.25, -0.2) is 0 Å². The van der Waals surface area contributed by atoms with Gasteiger partial charge in [-0.2, -0.15) is 0 Å². The summed E-state index contributed by atoms with van der Waals surface area (Å²) in [6, 6.07) is 6.19. The van der Waals surface area contributed by atoms with E-state index in [0.29, 0.717) is 6.54 Å². The SMILES string of the molecule is Cc1ccc([C@@H]2CN(C(C)(C)C)C[C@H]2C(=O)O)cc1Br. The standard InChI is InChI=1S/C16H22BrNO2/c1-10-5-6-11(7-14(10)17)12-8-18(16(2,3)4)9-13(12)15(19)20/h5-7,12-13H,8-9H2,1-4H3,(H,19,20)/t12-,13+/m0/s1. The van der Waals surface area contributed by atoms with Crippen LogP contribution in [0.15, 0.2) is 22.7 Å². The second kappa shape index (κ2) is 5.49. The van der Waals surface area contributed by atoms with Gasteiger partial charge < -0.3 is 5.11 Å². The molecule has 0 saturated carbocycles. The van der Waals surface area contributed by atoms with E-state index in [2.05, 4.69) is 59.8 Å².